The number of benzene rings is 2. The Labute approximate surface area is 110 Å². The highest BCUT2D eigenvalue weighted by Crippen LogP contribution is 2.27. The maximum atomic E-state index is 12.2. The SMILES string of the molecule is [O-][N+]1(c2ccc(Oc3ccccc3)cc2)CN=NN1. The molecule has 0 radical (unpaired) electrons. The zero-order chi connectivity index (χ0) is 13.1. The molecule has 1 unspecified atom stereocenters. The van der Waals surface area contributed by atoms with Crippen LogP contribution < -0.4 is 15.0 Å². The van der Waals surface area contributed by atoms with E-state index in [4.69, 9.17) is 4.74 Å². The van der Waals surface area contributed by atoms with Gasteiger partial charge in [0, 0.05) is 12.1 Å². The second-order valence-corrected chi connectivity index (χ2v) is 4.13. The second kappa shape index (κ2) is 4.68. The quantitative estimate of drug-likeness (QED) is 0.677. The van der Waals surface area contributed by atoms with Gasteiger partial charge in [0.2, 0.25) is 6.67 Å². The van der Waals surface area contributed by atoms with Crippen LogP contribution in [-0.4, -0.2) is 6.67 Å². The Kier molecular flexibility index (Phi) is 2.86. The summed E-state index contributed by atoms with van der Waals surface area (Å²) in [6.07, 6.45) is 0. The number of hydrogen-bond donors (Lipinski definition) is 1. The topological polar surface area (TPSA) is 69.0 Å². The molecule has 1 aliphatic heterocycles. The number of hydroxylamine groups is 1. The predicted octanol–water partition coefficient (Wildman–Crippen LogP) is 3.13. The Morgan fingerprint density at radius 1 is 1.00 bits per heavy atom. The van der Waals surface area contributed by atoms with Crippen molar-refractivity contribution in [1.29, 1.82) is 0 Å². The lowest BCUT2D eigenvalue weighted by Crippen LogP contribution is -2.48. The molecule has 1 heterocycles. The number of hydrogen-bond acceptors (Lipinski definition) is 5. The first-order valence-corrected chi connectivity index (χ1v) is 5.83. The third-order valence-corrected chi connectivity index (χ3v) is 2.77. The molecule has 1 N–H and O–H groups in total. The Bertz CT molecular complexity index is 575. The smallest absolute Gasteiger partial charge is 0.222 e. The molecule has 0 saturated heterocycles. The van der Waals surface area contributed by atoms with Crippen LogP contribution in [-0.2, 0) is 0 Å². The molecule has 0 saturated carbocycles. The lowest BCUT2D eigenvalue weighted by Gasteiger charge is -2.32. The van der Waals surface area contributed by atoms with Gasteiger partial charge in [0.25, 0.3) is 0 Å². The summed E-state index contributed by atoms with van der Waals surface area (Å²) in [5.74, 6) is 1.43. The van der Waals surface area contributed by atoms with Gasteiger partial charge in [-0.15, -0.1) is 10.6 Å². The van der Waals surface area contributed by atoms with Gasteiger partial charge in [0.1, 0.15) is 11.5 Å². The van der Waals surface area contributed by atoms with Crippen LogP contribution in [0.25, 0.3) is 0 Å². The van der Waals surface area contributed by atoms with E-state index in [9.17, 15) is 5.21 Å². The standard InChI is InChI=1S/C13H12N4O2/c18-17(10-14-15-16-17)11-6-8-13(9-7-11)19-12-4-2-1-3-5-12/h1-9H,10H2,(H,14,16). The van der Waals surface area contributed by atoms with Crippen molar-refractivity contribution in [2.45, 2.75) is 0 Å². The summed E-state index contributed by atoms with van der Waals surface area (Å²) in [6, 6.07) is 16.4. The third-order valence-electron chi connectivity index (χ3n) is 2.77. The van der Waals surface area contributed by atoms with Crippen LogP contribution >= 0.6 is 0 Å². The number of para-hydroxylation sites is 1. The van der Waals surface area contributed by atoms with Gasteiger partial charge in [-0.05, 0) is 29.5 Å². The molecule has 6 heteroatoms. The summed E-state index contributed by atoms with van der Waals surface area (Å²) in [5.41, 5.74) is 2.95. The van der Waals surface area contributed by atoms with E-state index in [1.54, 1.807) is 24.3 Å². The van der Waals surface area contributed by atoms with E-state index in [2.05, 4.69) is 15.9 Å². The lowest BCUT2D eigenvalue weighted by molar-refractivity contribution is 0.332. The Hall–Kier alpha value is -2.44. The first-order chi connectivity index (χ1) is 9.26. The van der Waals surface area contributed by atoms with Crippen LogP contribution in [0.4, 0.5) is 5.69 Å². The van der Waals surface area contributed by atoms with E-state index in [0.717, 1.165) is 5.75 Å². The maximum Gasteiger partial charge on any atom is 0.222 e. The number of rotatable bonds is 3. The highest BCUT2D eigenvalue weighted by molar-refractivity contribution is 5.46. The molecule has 0 fully saturated rings. The van der Waals surface area contributed by atoms with Crippen molar-refractivity contribution in [3.8, 4) is 11.5 Å². The van der Waals surface area contributed by atoms with Gasteiger partial charge >= 0.3 is 0 Å². The summed E-state index contributed by atoms with van der Waals surface area (Å²) in [7, 11) is 0. The zero-order valence-electron chi connectivity index (χ0n) is 10.1. The highest BCUT2D eigenvalue weighted by Gasteiger charge is 2.24. The monoisotopic (exact) mass is 256 g/mol. The molecule has 96 valence electrons. The minimum atomic E-state index is -0.772. The van der Waals surface area contributed by atoms with E-state index < -0.39 is 4.76 Å². The minimum Gasteiger partial charge on any atom is -0.598 e. The van der Waals surface area contributed by atoms with Crippen LogP contribution in [0.15, 0.2) is 64.9 Å². The third kappa shape index (κ3) is 2.40. The molecule has 0 amide bonds. The fourth-order valence-electron chi connectivity index (χ4n) is 1.78. The first-order valence-electron chi connectivity index (χ1n) is 5.83. The van der Waals surface area contributed by atoms with Gasteiger partial charge in [0.05, 0.1) is 0 Å². The molecule has 1 aliphatic rings. The number of ether oxygens (including phenoxy) is 1. The zero-order valence-corrected chi connectivity index (χ0v) is 10.1. The van der Waals surface area contributed by atoms with Crippen molar-refractivity contribution in [3.05, 3.63) is 59.8 Å². The van der Waals surface area contributed by atoms with E-state index in [-0.39, 0.29) is 6.67 Å². The largest absolute Gasteiger partial charge is 0.598 e. The molecule has 0 aliphatic carbocycles. The Morgan fingerprint density at radius 3 is 2.32 bits per heavy atom. The van der Waals surface area contributed by atoms with Gasteiger partial charge < -0.3 is 9.94 Å². The average Bonchev–Trinajstić information content (AvgIpc) is 2.89. The van der Waals surface area contributed by atoms with Crippen LogP contribution in [0, 0.1) is 5.21 Å². The molecular weight excluding hydrogens is 244 g/mol. The molecule has 3 rings (SSSR count). The Balaban J connectivity index is 1.76. The average molecular weight is 256 g/mol. The van der Waals surface area contributed by atoms with Crippen molar-refractivity contribution in [2.75, 3.05) is 6.67 Å². The maximum absolute atomic E-state index is 12.2. The molecule has 0 spiro atoms. The van der Waals surface area contributed by atoms with Crippen molar-refractivity contribution in [2.24, 2.45) is 10.3 Å². The molecule has 0 aromatic heterocycles. The second-order valence-electron chi connectivity index (χ2n) is 4.13. The lowest BCUT2D eigenvalue weighted by atomic mass is 10.3. The number of quaternary nitrogens is 1. The number of nitrogens with zero attached hydrogens (tertiary/aromatic N) is 3. The van der Waals surface area contributed by atoms with Crippen LogP contribution in [0.3, 0.4) is 0 Å². The van der Waals surface area contributed by atoms with E-state index in [1.165, 1.54) is 0 Å². The van der Waals surface area contributed by atoms with Crippen LogP contribution in [0.1, 0.15) is 0 Å². The van der Waals surface area contributed by atoms with E-state index in [0.29, 0.717) is 11.4 Å². The fraction of sp³-hybridized carbons (Fsp3) is 0.0769. The minimum absolute atomic E-state index is 0.0406. The molecule has 19 heavy (non-hydrogen) atoms. The van der Waals surface area contributed by atoms with Gasteiger partial charge in [0.15, 0.2) is 5.69 Å². The van der Waals surface area contributed by atoms with Crippen LogP contribution in [0.2, 0.25) is 0 Å². The first kappa shape index (κ1) is 11.6. The van der Waals surface area contributed by atoms with E-state index in [1.807, 2.05) is 30.3 Å². The van der Waals surface area contributed by atoms with E-state index >= 15 is 0 Å². The molecular formula is C13H12N4O2. The molecule has 0 bridgehead atoms. The predicted molar refractivity (Wildman–Crippen MR) is 71.0 cm³/mol. The highest BCUT2D eigenvalue weighted by atomic mass is 16.6. The van der Waals surface area contributed by atoms with Gasteiger partial charge in [-0.1, -0.05) is 18.2 Å². The van der Waals surface area contributed by atoms with Gasteiger partial charge in [-0.3, -0.25) is 0 Å². The van der Waals surface area contributed by atoms with Gasteiger partial charge in [-0.2, -0.15) is 4.76 Å². The normalized spacial score (nSPS) is 21.1. The summed E-state index contributed by atoms with van der Waals surface area (Å²) >= 11 is 0. The summed E-state index contributed by atoms with van der Waals surface area (Å²) in [5, 5.41) is 19.3. The van der Waals surface area contributed by atoms with Crippen LogP contribution in [0.5, 0.6) is 11.5 Å². The molecule has 1 atom stereocenters. The molecule has 2 aromatic carbocycles. The number of nitrogens with one attached hydrogen (secondary N) is 1. The van der Waals surface area contributed by atoms with Crippen molar-refractivity contribution in [3.63, 3.8) is 0 Å². The summed E-state index contributed by atoms with van der Waals surface area (Å²) in [4.78, 5) is 0. The molecule has 2 aromatic rings. The summed E-state index contributed by atoms with van der Waals surface area (Å²) < 4.78 is 4.88. The van der Waals surface area contributed by atoms with Crippen molar-refractivity contribution >= 4 is 5.69 Å². The van der Waals surface area contributed by atoms with Crippen molar-refractivity contribution < 1.29 is 4.74 Å². The van der Waals surface area contributed by atoms with Crippen molar-refractivity contribution in [1.82, 2.24) is 10.3 Å². The molecule has 6 nitrogen and oxygen atoms in total. The summed E-state index contributed by atoms with van der Waals surface area (Å²) in [6.45, 7) is 0.0406. The van der Waals surface area contributed by atoms with Gasteiger partial charge in [-0.25, -0.2) is 0 Å². The fourth-order valence-corrected chi connectivity index (χ4v) is 1.78. The Morgan fingerprint density at radius 2 is 1.68 bits per heavy atom.